The largest absolute Gasteiger partial charge is 0.495 e. The number of hydrogen-bond donors (Lipinski definition) is 2. The van der Waals surface area contributed by atoms with Gasteiger partial charge in [0.05, 0.1) is 19.9 Å². The van der Waals surface area contributed by atoms with Crippen molar-refractivity contribution in [2.24, 2.45) is 10.7 Å². The average molecular weight is 408 g/mol. The first kappa shape index (κ1) is 20.6. The highest BCUT2D eigenvalue weighted by Crippen LogP contribution is 2.35. The molecule has 0 saturated carbocycles. The fourth-order valence-electron chi connectivity index (χ4n) is 2.88. The summed E-state index contributed by atoms with van der Waals surface area (Å²) < 4.78 is 48.7. The van der Waals surface area contributed by atoms with E-state index in [0.29, 0.717) is 17.0 Å². The topological polar surface area (TPSA) is 98.8 Å². The van der Waals surface area contributed by atoms with Crippen molar-refractivity contribution >= 4 is 17.4 Å². The molecule has 0 bridgehead atoms. The van der Waals surface area contributed by atoms with Crippen LogP contribution in [0.3, 0.4) is 0 Å². The number of amides is 1. The number of pyridine rings is 1. The van der Waals surface area contributed by atoms with Crippen LogP contribution in [0, 0.1) is 0 Å². The second-order valence-corrected chi connectivity index (χ2v) is 6.66. The van der Waals surface area contributed by atoms with Crippen LogP contribution >= 0.6 is 0 Å². The number of aliphatic imine (C=N–C) groups is 1. The molecule has 1 aromatic heterocycles. The van der Waals surface area contributed by atoms with Crippen LogP contribution in [0.4, 0.5) is 18.9 Å². The molecule has 2 aromatic rings. The van der Waals surface area contributed by atoms with Gasteiger partial charge in [-0.3, -0.25) is 9.79 Å². The lowest BCUT2D eigenvalue weighted by atomic mass is 9.92. The maximum absolute atomic E-state index is 12.9. The molecule has 1 amide bonds. The summed E-state index contributed by atoms with van der Waals surface area (Å²) in [6.45, 7) is 1.30. The van der Waals surface area contributed by atoms with E-state index in [0.717, 1.165) is 0 Å². The molecular formula is C19H19F3N4O3. The van der Waals surface area contributed by atoms with Crippen molar-refractivity contribution in [3.8, 4) is 5.75 Å². The zero-order chi connectivity index (χ0) is 21.2. The predicted molar refractivity (Wildman–Crippen MR) is 100.0 cm³/mol. The van der Waals surface area contributed by atoms with Gasteiger partial charge in [-0.1, -0.05) is 12.1 Å². The number of nitrogens with two attached hydrogens (primary N) is 1. The maximum Gasteiger partial charge on any atom is 0.421 e. The number of hydrogen-bond acceptors (Lipinski definition) is 6. The van der Waals surface area contributed by atoms with Gasteiger partial charge in [-0.25, -0.2) is 4.98 Å². The average Bonchev–Trinajstić information content (AvgIpc) is 2.67. The molecule has 1 aliphatic heterocycles. The van der Waals surface area contributed by atoms with E-state index in [4.69, 9.17) is 15.2 Å². The Morgan fingerprint density at radius 1 is 1.34 bits per heavy atom. The van der Waals surface area contributed by atoms with Gasteiger partial charge in [0.1, 0.15) is 22.8 Å². The Kier molecular flexibility index (Phi) is 5.47. The van der Waals surface area contributed by atoms with Crippen LogP contribution in [-0.4, -0.2) is 42.7 Å². The summed E-state index contributed by atoms with van der Waals surface area (Å²) in [6, 6.07) is 9.69. The van der Waals surface area contributed by atoms with E-state index >= 15 is 0 Å². The quantitative estimate of drug-likeness (QED) is 0.811. The summed E-state index contributed by atoms with van der Waals surface area (Å²) >= 11 is 0. The lowest BCUT2D eigenvalue weighted by molar-refractivity contribution is -0.204. The van der Waals surface area contributed by atoms with Gasteiger partial charge in [0.2, 0.25) is 6.10 Å². The minimum atomic E-state index is -4.63. The summed E-state index contributed by atoms with van der Waals surface area (Å²) in [7, 11) is 1.49. The van der Waals surface area contributed by atoms with E-state index in [1.807, 2.05) is 0 Å². The summed E-state index contributed by atoms with van der Waals surface area (Å²) in [5.74, 6) is -0.570. The van der Waals surface area contributed by atoms with Crippen LogP contribution in [0.25, 0.3) is 0 Å². The monoisotopic (exact) mass is 408 g/mol. The van der Waals surface area contributed by atoms with Crippen molar-refractivity contribution in [3.05, 3.63) is 53.9 Å². The first-order chi connectivity index (χ1) is 13.6. The highest BCUT2D eigenvalue weighted by atomic mass is 19.4. The van der Waals surface area contributed by atoms with Crippen LogP contribution in [0.15, 0.2) is 47.6 Å². The Morgan fingerprint density at radius 3 is 2.69 bits per heavy atom. The number of amidine groups is 1. The highest BCUT2D eigenvalue weighted by molar-refractivity contribution is 6.02. The number of ether oxygens (including phenoxy) is 2. The van der Waals surface area contributed by atoms with Crippen LogP contribution in [0.1, 0.15) is 23.0 Å². The maximum atomic E-state index is 12.9. The number of methoxy groups -OCH3 is 1. The first-order valence-corrected chi connectivity index (χ1v) is 8.58. The Bertz CT molecular complexity index is 931. The lowest BCUT2D eigenvalue weighted by Gasteiger charge is -2.35. The third kappa shape index (κ3) is 4.48. The second kappa shape index (κ2) is 7.70. The Balaban J connectivity index is 1.80. The van der Waals surface area contributed by atoms with Crippen LogP contribution in [-0.2, 0) is 10.3 Å². The van der Waals surface area contributed by atoms with Crippen LogP contribution < -0.4 is 15.8 Å². The number of nitrogens with zero attached hydrogens (tertiary/aromatic N) is 2. The van der Waals surface area contributed by atoms with Crippen molar-refractivity contribution in [2.45, 2.75) is 24.7 Å². The number of anilines is 1. The zero-order valence-electron chi connectivity index (χ0n) is 15.7. The van der Waals surface area contributed by atoms with E-state index < -0.39 is 29.6 Å². The van der Waals surface area contributed by atoms with E-state index in [9.17, 15) is 18.0 Å². The molecule has 2 atom stereocenters. The number of benzene rings is 1. The van der Waals surface area contributed by atoms with Crippen molar-refractivity contribution in [3.63, 3.8) is 0 Å². The predicted octanol–water partition coefficient (Wildman–Crippen LogP) is 2.88. The van der Waals surface area contributed by atoms with Crippen molar-refractivity contribution in [1.29, 1.82) is 0 Å². The molecule has 0 radical (unpaired) electrons. The third-order valence-electron chi connectivity index (χ3n) is 4.42. The molecular weight excluding hydrogens is 389 g/mol. The molecule has 7 nitrogen and oxygen atoms in total. The Labute approximate surface area is 164 Å². The van der Waals surface area contributed by atoms with Gasteiger partial charge in [-0.15, -0.1) is 0 Å². The van der Waals surface area contributed by atoms with E-state index in [1.54, 1.807) is 37.3 Å². The van der Waals surface area contributed by atoms with E-state index in [2.05, 4.69) is 15.3 Å². The number of aromatic nitrogens is 1. The molecule has 0 aliphatic carbocycles. The number of alkyl halides is 3. The fourth-order valence-corrected chi connectivity index (χ4v) is 2.88. The smallest absolute Gasteiger partial charge is 0.421 e. The Hall–Kier alpha value is -3.14. The van der Waals surface area contributed by atoms with Gasteiger partial charge in [-0.05, 0) is 36.8 Å². The van der Waals surface area contributed by atoms with Gasteiger partial charge in [0.25, 0.3) is 5.91 Å². The molecule has 0 unspecified atom stereocenters. The zero-order valence-corrected chi connectivity index (χ0v) is 15.7. The lowest BCUT2D eigenvalue weighted by Crippen LogP contribution is -2.50. The molecule has 1 aliphatic rings. The molecule has 1 aromatic carbocycles. The number of nitrogens with one attached hydrogen (secondary N) is 1. The van der Waals surface area contributed by atoms with Gasteiger partial charge in [-0.2, -0.15) is 13.2 Å². The molecule has 3 rings (SSSR count). The molecule has 0 fully saturated rings. The molecule has 2 heterocycles. The molecule has 29 heavy (non-hydrogen) atoms. The standard InChI is InChI=1S/C19H19F3N4O3/c1-18(10-29-15(16(23)26-18)19(20,21)22)11-4-3-5-12(8-11)25-17(27)14-7-6-13(28-2)9-24-14/h3-9,15H,10H2,1-2H3,(H2,23,26)(H,25,27)/t15-,18+/m1/s1. The van der Waals surface area contributed by atoms with Crippen LogP contribution in [0.5, 0.6) is 5.75 Å². The van der Waals surface area contributed by atoms with Crippen molar-refractivity contribution in [2.75, 3.05) is 19.0 Å². The molecule has 154 valence electrons. The summed E-state index contributed by atoms with van der Waals surface area (Å²) in [5, 5.41) is 2.69. The van der Waals surface area contributed by atoms with Gasteiger partial charge < -0.3 is 20.5 Å². The molecule has 0 spiro atoms. The van der Waals surface area contributed by atoms with Gasteiger partial charge >= 0.3 is 6.18 Å². The molecule has 3 N–H and O–H groups in total. The first-order valence-electron chi connectivity index (χ1n) is 8.58. The highest BCUT2D eigenvalue weighted by Gasteiger charge is 2.48. The number of halogens is 3. The van der Waals surface area contributed by atoms with Crippen molar-refractivity contribution < 1.29 is 27.4 Å². The minimum absolute atomic E-state index is 0.179. The van der Waals surface area contributed by atoms with Gasteiger partial charge in [0, 0.05) is 5.69 Å². The molecule has 0 saturated heterocycles. The third-order valence-corrected chi connectivity index (χ3v) is 4.42. The van der Waals surface area contributed by atoms with Crippen molar-refractivity contribution in [1.82, 2.24) is 4.98 Å². The van der Waals surface area contributed by atoms with Crippen LogP contribution in [0.2, 0.25) is 0 Å². The summed E-state index contributed by atoms with van der Waals surface area (Å²) in [4.78, 5) is 20.4. The number of rotatable bonds is 4. The Morgan fingerprint density at radius 2 is 2.10 bits per heavy atom. The fraction of sp³-hybridized carbons (Fsp3) is 0.316. The van der Waals surface area contributed by atoms with Gasteiger partial charge in [0.15, 0.2) is 0 Å². The van der Waals surface area contributed by atoms with E-state index in [-0.39, 0.29) is 12.3 Å². The summed E-state index contributed by atoms with van der Waals surface area (Å²) in [5.41, 5.74) is 5.54. The number of carbonyl (C=O) groups is 1. The SMILES string of the molecule is COc1ccc(C(=O)Nc2cccc([C@]3(C)CO[C@@H](C(F)(F)F)C(N)=N3)c2)nc1. The number of carbonyl (C=O) groups excluding carboxylic acids is 1. The normalized spacial score (nSPS) is 22.0. The minimum Gasteiger partial charge on any atom is -0.495 e. The second-order valence-electron chi connectivity index (χ2n) is 6.66. The van der Waals surface area contributed by atoms with E-state index in [1.165, 1.54) is 19.4 Å². The summed E-state index contributed by atoms with van der Waals surface area (Å²) in [6.07, 6.45) is -5.43. The molecule has 10 heteroatoms.